The maximum absolute atomic E-state index is 13.0. The Morgan fingerprint density at radius 3 is 2.52 bits per heavy atom. The van der Waals surface area contributed by atoms with E-state index in [0.717, 1.165) is 31.4 Å². The third kappa shape index (κ3) is 4.25. The number of anilines is 1. The Bertz CT molecular complexity index is 688. The average Bonchev–Trinajstić information content (AvgIpc) is 2.97. The number of nitrogens with one attached hydrogen (secondary N) is 1. The second kappa shape index (κ2) is 8.27. The van der Waals surface area contributed by atoms with Crippen molar-refractivity contribution in [3.63, 3.8) is 0 Å². The van der Waals surface area contributed by atoms with Gasteiger partial charge < -0.3 is 25.3 Å². The van der Waals surface area contributed by atoms with E-state index in [1.54, 1.807) is 18.2 Å². The third-order valence-corrected chi connectivity index (χ3v) is 5.53. The summed E-state index contributed by atoms with van der Waals surface area (Å²) in [7, 11) is 3.76. The molecule has 1 saturated heterocycles. The molecule has 0 radical (unpaired) electrons. The molecule has 7 heteroatoms. The minimum absolute atomic E-state index is 0.0606. The Morgan fingerprint density at radius 2 is 1.85 bits per heavy atom. The van der Waals surface area contributed by atoms with E-state index in [-0.39, 0.29) is 24.4 Å². The van der Waals surface area contributed by atoms with Gasteiger partial charge in [0.2, 0.25) is 5.91 Å². The normalized spacial score (nSPS) is 26.1. The standard InChI is InChI=1S/C20H29N3O4/c1-22(2)15-10-6-7-13(11-15)20(27)23-12-16(24)18(25)17(23)19(26)21-14-8-4-3-5-9-14/h6-7,10-11,14,16-18,24-25H,3-5,8-9,12H2,1-2H3,(H,21,26)/t16-,17-,18-/m0/s1. The lowest BCUT2D eigenvalue weighted by Gasteiger charge is -2.29. The van der Waals surface area contributed by atoms with E-state index in [1.165, 1.54) is 11.3 Å². The molecule has 3 rings (SSSR count). The molecule has 0 bridgehead atoms. The van der Waals surface area contributed by atoms with Gasteiger partial charge in [0.15, 0.2) is 0 Å². The number of amides is 2. The third-order valence-electron chi connectivity index (χ3n) is 5.53. The van der Waals surface area contributed by atoms with Crippen LogP contribution in [-0.4, -0.2) is 71.9 Å². The first-order valence-corrected chi connectivity index (χ1v) is 9.63. The molecule has 1 aromatic rings. The Labute approximate surface area is 160 Å². The number of carbonyl (C=O) groups excluding carboxylic acids is 2. The number of β-amino-alcohol motifs (C(OH)–C–C–N with tert-alkyl or cyclic N) is 1. The van der Waals surface area contributed by atoms with Crippen molar-refractivity contribution in [2.24, 2.45) is 0 Å². The summed E-state index contributed by atoms with van der Waals surface area (Å²) in [5, 5.41) is 23.4. The maximum atomic E-state index is 13.0. The lowest BCUT2D eigenvalue weighted by molar-refractivity contribution is -0.128. The summed E-state index contributed by atoms with van der Waals surface area (Å²) in [4.78, 5) is 29.0. The largest absolute Gasteiger partial charge is 0.388 e. The first-order valence-electron chi connectivity index (χ1n) is 9.63. The lowest BCUT2D eigenvalue weighted by Crippen LogP contribution is -2.53. The van der Waals surface area contributed by atoms with Crippen molar-refractivity contribution in [3.05, 3.63) is 29.8 Å². The van der Waals surface area contributed by atoms with Crippen LogP contribution in [0.5, 0.6) is 0 Å². The highest BCUT2D eigenvalue weighted by molar-refractivity contribution is 5.99. The predicted octanol–water partition coefficient (Wildman–Crippen LogP) is 0.748. The van der Waals surface area contributed by atoms with Crippen molar-refractivity contribution in [2.45, 2.75) is 56.4 Å². The molecule has 148 valence electrons. The van der Waals surface area contributed by atoms with Crippen molar-refractivity contribution < 1.29 is 19.8 Å². The molecule has 2 fully saturated rings. The number of hydrogen-bond acceptors (Lipinski definition) is 5. The topological polar surface area (TPSA) is 93.1 Å². The minimum atomic E-state index is -1.28. The molecule has 1 aromatic carbocycles. The summed E-state index contributed by atoms with van der Waals surface area (Å²) < 4.78 is 0. The Morgan fingerprint density at radius 1 is 1.15 bits per heavy atom. The fourth-order valence-corrected chi connectivity index (χ4v) is 3.94. The zero-order chi connectivity index (χ0) is 19.6. The molecular formula is C20H29N3O4. The molecule has 0 spiro atoms. The smallest absolute Gasteiger partial charge is 0.254 e. The van der Waals surface area contributed by atoms with E-state index in [1.807, 2.05) is 25.1 Å². The highest BCUT2D eigenvalue weighted by Gasteiger charge is 2.47. The monoisotopic (exact) mass is 375 g/mol. The number of aliphatic hydroxyl groups excluding tert-OH is 2. The van der Waals surface area contributed by atoms with Gasteiger partial charge in [0.25, 0.3) is 5.91 Å². The van der Waals surface area contributed by atoms with Crippen LogP contribution in [0.2, 0.25) is 0 Å². The summed E-state index contributed by atoms with van der Waals surface area (Å²) in [6.07, 6.45) is 2.72. The van der Waals surface area contributed by atoms with Gasteiger partial charge in [-0.15, -0.1) is 0 Å². The molecule has 0 unspecified atom stereocenters. The zero-order valence-corrected chi connectivity index (χ0v) is 16.0. The molecule has 1 aliphatic heterocycles. The maximum Gasteiger partial charge on any atom is 0.254 e. The molecule has 27 heavy (non-hydrogen) atoms. The number of carbonyl (C=O) groups is 2. The first-order chi connectivity index (χ1) is 12.9. The van der Waals surface area contributed by atoms with Crippen LogP contribution >= 0.6 is 0 Å². The second-order valence-electron chi connectivity index (χ2n) is 7.75. The van der Waals surface area contributed by atoms with Crippen molar-refractivity contribution in [1.82, 2.24) is 10.2 Å². The fraction of sp³-hybridized carbons (Fsp3) is 0.600. The van der Waals surface area contributed by atoms with Crippen LogP contribution in [0.15, 0.2) is 24.3 Å². The van der Waals surface area contributed by atoms with Gasteiger partial charge in [-0.1, -0.05) is 25.3 Å². The molecule has 3 N–H and O–H groups in total. The molecule has 1 aliphatic carbocycles. The van der Waals surface area contributed by atoms with Gasteiger partial charge in [0.05, 0.1) is 6.54 Å². The summed E-state index contributed by atoms with van der Waals surface area (Å²) in [5.74, 6) is -0.749. The van der Waals surface area contributed by atoms with Crippen LogP contribution in [0.1, 0.15) is 42.5 Å². The number of rotatable bonds is 4. The number of hydrogen-bond donors (Lipinski definition) is 3. The van der Waals surface area contributed by atoms with Crippen LogP contribution in [0, 0.1) is 0 Å². The molecule has 3 atom stereocenters. The highest BCUT2D eigenvalue weighted by Crippen LogP contribution is 2.24. The predicted molar refractivity (Wildman–Crippen MR) is 103 cm³/mol. The quantitative estimate of drug-likeness (QED) is 0.722. The number of likely N-dealkylation sites (tertiary alicyclic amines) is 1. The van der Waals surface area contributed by atoms with E-state index in [4.69, 9.17) is 0 Å². The van der Waals surface area contributed by atoms with Gasteiger partial charge in [0.1, 0.15) is 18.2 Å². The van der Waals surface area contributed by atoms with Gasteiger partial charge in [-0.05, 0) is 31.0 Å². The van der Waals surface area contributed by atoms with Crippen LogP contribution in [0.3, 0.4) is 0 Å². The van der Waals surface area contributed by atoms with Crippen molar-refractivity contribution in [3.8, 4) is 0 Å². The summed E-state index contributed by atoms with van der Waals surface area (Å²) in [5.41, 5.74) is 1.29. The van der Waals surface area contributed by atoms with E-state index in [0.29, 0.717) is 5.56 Å². The van der Waals surface area contributed by atoms with Crippen molar-refractivity contribution in [2.75, 3.05) is 25.5 Å². The molecule has 1 heterocycles. The van der Waals surface area contributed by atoms with Gasteiger partial charge in [0, 0.05) is 31.4 Å². The van der Waals surface area contributed by atoms with Crippen LogP contribution in [0.4, 0.5) is 5.69 Å². The van der Waals surface area contributed by atoms with E-state index in [2.05, 4.69) is 5.32 Å². The number of benzene rings is 1. The molecule has 0 aromatic heterocycles. The zero-order valence-electron chi connectivity index (χ0n) is 16.0. The van der Waals surface area contributed by atoms with Crippen LogP contribution in [-0.2, 0) is 4.79 Å². The molecule has 1 saturated carbocycles. The highest BCUT2D eigenvalue weighted by atomic mass is 16.3. The number of aliphatic hydroxyl groups is 2. The SMILES string of the molecule is CN(C)c1cccc(C(=O)N2C[C@H](O)[C@H](O)[C@H]2C(=O)NC2CCCCC2)c1. The summed E-state index contributed by atoms with van der Waals surface area (Å²) in [6.45, 7) is -0.0606. The van der Waals surface area contributed by atoms with Gasteiger partial charge in [-0.3, -0.25) is 9.59 Å². The van der Waals surface area contributed by atoms with Gasteiger partial charge in [-0.2, -0.15) is 0 Å². The first kappa shape index (κ1) is 19.6. The molecular weight excluding hydrogens is 346 g/mol. The van der Waals surface area contributed by atoms with E-state index >= 15 is 0 Å². The molecule has 2 amide bonds. The fourth-order valence-electron chi connectivity index (χ4n) is 3.94. The summed E-state index contributed by atoms with van der Waals surface area (Å²) in [6, 6.07) is 6.10. The Hall–Kier alpha value is -2.12. The Kier molecular flexibility index (Phi) is 6.01. The van der Waals surface area contributed by atoms with E-state index < -0.39 is 18.2 Å². The number of nitrogens with zero attached hydrogens (tertiary/aromatic N) is 2. The van der Waals surface area contributed by atoms with Crippen LogP contribution < -0.4 is 10.2 Å². The average molecular weight is 375 g/mol. The van der Waals surface area contributed by atoms with Crippen LogP contribution in [0.25, 0.3) is 0 Å². The van der Waals surface area contributed by atoms with Gasteiger partial charge in [-0.25, -0.2) is 0 Å². The minimum Gasteiger partial charge on any atom is -0.388 e. The van der Waals surface area contributed by atoms with Crippen molar-refractivity contribution in [1.29, 1.82) is 0 Å². The van der Waals surface area contributed by atoms with E-state index in [9.17, 15) is 19.8 Å². The molecule has 2 aliphatic rings. The van der Waals surface area contributed by atoms with Crippen molar-refractivity contribution >= 4 is 17.5 Å². The summed E-state index contributed by atoms with van der Waals surface area (Å²) >= 11 is 0. The Balaban J connectivity index is 1.78. The van der Waals surface area contributed by atoms with Gasteiger partial charge >= 0.3 is 0 Å². The lowest BCUT2D eigenvalue weighted by atomic mass is 9.95. The molecule has 7 nitrogen and oxygen atoms in total. The second-order valence-corrected chi connectivity index (χ2v) is 7.75.